The summed E-state index contributed by atoms with van der Waals surface area (Å²) in [6.45, 7) is 1.83. The van der Waals surface area contributed by atoms with Crippen molar-refractivity contribution in [3.63, 3.8) is 0 Å². The van der Waals surface area contributed by atoms with Crippen molar-refractivity contribution in [2.45, 2.75) is 17.3 Å². The number of aromatic nitrogens is 2. The van der Waals surface area contributed by atoms with Crippen molar-refractivity contribution < 1.29 is 21.6 Å². The van der Waals surface area contributed by atoms with Gasteiger partial charge in [0.2, 0.25) is 0 Å². The molecule has 0 aliphatic rings. The number of aryl methyl sites for hydroxylation is 1. The molecule has 0 saturated carbocycles. The van der Waals surface area contributed by atoms with Crippen LogP contribution in [0.1, 0.15) is 5.56 Å². The molecule has 0 aliphatic carbocycles. The lowest BCUT2D eigenvalue weighted by Crippen LogP contribution is -2.24. The van der Waals surface area contributed by atoms with Gasteiger partial charge in [-0.25, -0.2) is 13.1 Å². The Kier molecular flexibility index (Phi) is 5.18. The third-order valence-corrected chi connectivity index (χ3v) is 6.32. The fraction of sp³-hybridized carbons (Fsp3) is 0.0870. The van der Waals surface area contributed by atoms with Crippen LogP contribution >= 0.6 is 0 Å². The van der Waals surface area contributed by atoms with Crippen LogP contribution in [-0.4, -0.2) is 23.7 Å². The molecule has 0 amide bonds. The van der Waals surface area contributed by atoms with E-state index in [1.807, 2.05) is 6.92 Å². The van der Waals surface area contributed by atoms with Crippen LogP contribution in [-0.2, 0) is 9.84 Å². The Hall–Kier alpha value is -3.39. The summed E-state index contributed by atoms with van der Waals surface area (Å²) in [6.07, 6.45) is 0. The number of halogens is 3. The second-order valence-corrected chi connectivity index (χ2v) is 8.83. The Morgan fingerprint density at radius 2 is 1.32 bits per heavy atom. The van der Waals surface area contributed by atoms with Crippen molar-refractivity contribution in [3.8, 4) is 28.2 Å². The lowest BCUT2D eigenvalue weighted by atomic mass is 10.1. The molecule has 4 aromatic rings. The largest absolute Gasteiger partial charge is 0.502 e. The fourth-order valence-electron chi connectivity index (χ4n) is 3.28. The van der Waals surface area contributed by atoms with E-state index in [-0.39, 0.29) is 17.0 Å². The van der Waals surface area contributed by atoms with Crippen LogP contribution in [0.2, 0.25) is 0 Å². The van der Waals surface area contributed by atoms with Crippen LogP contribution in [0.3, 0.4) is 0 Å². The van der Waals surface area contributed by atoms with Gasteiger partial charge in [-0.1, -0.05) is 78.4 Å². The molecule has 0 unspecified atom stereocenters. The molecule has 0 spiro atoms. The van der Waals surface area contributed by atoms with Crippen LogP contribution in [0, 0.1) is 6.92 Å². The molecule has 0 N–H and O–H groups in total. The summed E-state index contributed by atoms with van der Waals surface area (Å²) in [4.78, 5) is -0.862. The van der Waals surface area contributed by atoms with Crippen molar-refractivity contribution in [1.29, 1.82) is 0 Å². The minimum atomic E-state index is -5.71. The van der Waals surface area contributed by atoms with Crippen molar-refractivity contribution in [1.82, 2.24) is 9.78 Å². The Bertz CT molecular complexity index is 1310. The van der Waals surface area contributed by atoms with E-state index in [1.54, 1.807) is 84.9 Å². The first-order chi connectivity index (χ1) is 14.7. The first kappa shape index (κ1) is 20.9. The van der Waals surface area contributed by atoms with Gasteiger partial charge in [-0.2, -0.15) is 18.3 Å². The number of hydrogen-bond donors (Lipinski definition) is 0. The topological polar surface area (TPSA) is 52.0 Å². The summed E-state index contributed by atoms with van der Waals surface area (Å²) in [6, 6.07) is 23.1. The summed E-state index contributed by atoms with van der Waals surface area (Å²) < 4.78 is 68.1. The fourth-order valence-corrected chi connectivity index (χ4v) is 4.38. The van der Waals surface area contributed by atoms with E-state index in [9.17, 15) is 21.6 Å². The number of benzene rings is 3. The van der Waals surface area contributed by atoms with E-state index in [2.05, 4.69) is 5.10 Å². The van der Waals surface area contributed by atoms with Crippen LogP contribution in [0.25, 0.3) is 28.2 Å². The zero-order valence-electron chi connectivity index (χ0n) is 16.3. The summed E-state index contributed by atoms with van der Waals surface area (Å²) in [5.74, 6) is 0. The Labute approximate surface area is 177 Å². The highest BCUT2D eigenvalue weighted by Crippen LogP contribution is 2.43. The summed E-state index contributed by atoms with van der Waals surface area (Å²) >= 11 is 0. The summed E-state index contributed by atoms with van der Waals surface area (Å²) in [7, 11) is -5.71. The molecule has 3 aromatic carbocycles. The predicted octanol–water partition coefficient (Wildman–Crippen LogP) is 5.81. The molecule has 4 rings (SSSR count). The second-order valence-electron chi connectivity index (χ2n) is 6.95. The molecule has 0 atom stereocenters. The number of rotatable bonds is 4. The van der Waals surface area contributed by atoms with E-state index >= 15 is 0 Å². The second kappa shape index (κ2) is 7.70. The number of hydrogen-bond acceptors (Lipinski definition) is 3. The van der Waals surface area contributed by atoms with E-state index in [0.717, 1.165) is 5.56 Å². The van der Waals surface area contributed by atoms with Crippen molar-refractivity contribution >= 4 is 9.84 Å². The zero-order valence-corrected chi connectivity index (χ0v) is 17.2. The highest BCUT2D eigenvalue weighted by Gasteiger charge is 2.51. The van der Waals surface area contributed by atoms with Crippen molar-refractivity contribution in [2.75, 3.05) is 0 Å². The first-order valence-corrected chi connectivity index (χ1v) is 10.8. The smallest absolute Gasteiger partial charge is 0.231 e. The molecule has 1 aromatic heterocycles. The van der Waals surface area contributed by atoms with Crippen molar-refractivity contribution in [3.05, 3.63) is 90.5 Å². The zero-order chi connectivity index (χ0) is 22.2. The van der Waals surface area contributed by atoms with Crippen molar-refractivity contribution in [2.24, 2.45) is 0 Å². The predicted molar refractivity (Wildman–Crippen MR) is 112 cm³/mol. The summed E-state index contributed by atoms with van der Waals surface area (Å²) in [5.41, 5.74) is -3.96. The standard InChI is InChI=1S/C23H17F3N2O2S/c1-16-12-14-17(15-13-16)20-22(31(29,30)23(24,25)26)21(18-8-4-2-5-9-18)28(27-20)19-10-6-3-7-11-19/h2-15H,1H3. The van der Waals surface area contributed by atoms with Crippen LogP contribution in [0.5, 0.6) is 0 Å². The van der Waals surface area contributed by atoms with Gasteiger partial charge in [0.25, 0.3) is 9.84 Å². The lowest BCUT2D eigenvalue weighted by Gasteiger charge is -2.12. The minimum Gasteiger partial charge on any atom is -0.231 e. The molecule has 0 aliphatic heterocycles. The highest BCUT2D eigenvalue weighted by atomic mass is 32.2. The number of sulfone groups is 1. The molecule has 31 heavy (non-hydrogen) atoms. The number of para-hydroxylation sites is 1. The third-order valence-electron chi connectivity index (χ3n) is 4.79. The van der Waals surface area contributed by atoms with Gasteiger partial charge in [0, 0.05) is 11.1 Å². The monoisotopic (exact) mass is 442 g/mol. The van der Waals surface area contributed by atoms with Crippen LogP contribution < -0.4 is 0 Å². The molecular weight excluding hydrogens is 425 g/mol. The number of alkyl halides is 3. The van der Waals surface area contributed by atoms with Crippen LogP contribution in [0.15, 0.2) is 89.8 Å². The molecule has 0 saturated heterocycles. The normalized spacial score (nSPS) is 12.1. The van der Waals surface area contributed by atoms with Gasteiger partial charge in [-0.3, -0.25) is 0 Å². The maximum absolute atomic E-state index is 13.8. The molecule has 158 valence electrons. The molecule has 8 heteroatoms. The molecule has 0 fully saturated rings. The molecular formula is C23H17F3N2O2S. The average Bonchev–Trinajstić information content (AvgIpc) is 3.16. The van der Waals surface area contributed by atoms with Gasteiger partial charge in [0.1, 0.15) is 10.6 Å². The molecule has 0 bridgehead atoms. The Morgan fingerprint density at radius 3 is 1.87 bits per heavy atom. The maximum atomic E-state index is 13.8. The Morgan fingerprint density at radius 1 is 0.774 bits per heavy atom. The SMILES string of the molecule is Cc1ccc(-c2nn(-c3ccccc3)c(-c3ccccc3)c2S(=O)(=O)C(F)(F)F)cc1. The molecule has 1 heterocycles. The van der Waals surface area contributed by atoms with E-state index in [4.69, 9.17) is 0 Å². The molecule has 4 nitrogen and oxygen atoms in total. The van der Waals surface area contributed by atoms with E-state index in [0.29, 0.717) is 11.3 Å². The lowest BCUT2D eigenvalue weighted by molar-refractivity contribution is -0.0435. The van der Waals surface area contributed by atoms with E-state index in [1.165, 1.54) is 4.68 Å². The Balaban J connectivity index is 2.16. The summed E-state index contributed by atoms with van der Waals surface area (Å²) in [5, 5.41) is 4.37. The highest BCUT2D eigenvalue weighted by molar-refractivity contribution is 7.92. The minimum absolute atomic E-state index is 0.139. The molecule has 0 radical (unpaired) electrons. The van der Waals surface area contributed by atoms with Crippen LogP contribution in [0.4, 0.5) is 13.2 Å². The van der Waals surface area contributed by atoms with Gasteiger partial charge < -0.3 is 0 Å². The van der Waals surface area contributed by atoms with Gasteiger partial charge in [0.05, 0.1) is 11.4 Å². The first-order valence-electron chi connectivity index (χ1n) is 9.32. The van der Waals surface area contributed by atoms with Gasteiger partial charge in [0.15, 0.2) is 0 Å². The van der Waals surface area contributed by atoms with Gasteiger partial charge >= 0.3 is 5.51 Å². The maximum Gasteiger partial charge on any atom is 0.502 e. The van der Waals surface area contributed by atoms with Gasteiger partial charge in [-0.15, -0.1) is 0 Å². The number of nitrogens with zero attached hydrogens (tertiary/aromatic N) is 2. The third kappa shape index (κ3) is 3.74. The van der Waals surface area contributed by atoms with Gasteiger partial charge in [-0.05, 0) is 19.1 Å². The average molecular weight is 442 g/mol. The quantitative estimate of drug-likeness (QED) is 0.401. The van der Waals surface area contributed by atoms with E-state index < -0.39 is 20.2 Å².